The van der Waals surface area contributed by atoms with E-state index in [1.54, 1.807) is 0 Å². The Hall–Kier alpha value is -1.57. The zero-order valence-corrected chi connectivity index (χ0v) is 9.75. The summed E-state index contributed by atoms with van der Waals surface area (Å²) in [6.45, 7) is 0. The summed E-state index contributed by atoms with van der Waals surface area (Å²) in [4.78, 5) is 28.7. The maximum absolute atomic E-state index is 11.0. The minimum absolute atomic E-state index is 0.330. The van der Waals surface area contributed by atoms with E-state index in [4.69, 9.17) is 0 Å². The smallest absolute Gasteiger partial charge is 0.380 e. The van der Waals surface area contributed by atoms with Crippen LogP contribution in [0.5, 0.6) is 0 Å². The van der Waals surface area contributed by atoms with Crippen LogP contribution < -0.4 is 5.48 Å². The maximum atomic E-state index is 11.0. The van der Waals surface area contributed by atoms with Gasteiger partial charge in [-0.25, -0.2) is 9.59 Å². The average molecular weight is 235 g/mol. The Morgan fingerprint density at radius 3 is 1.93 bits per heavy atom. The lowest BCUT2D eigenvalue weighted by Gasteiger charge is -2.13. The normalized spacial score (nSPS) is 8.80. The highest BCUT2D eigenvalue weighted by molar-refractivity contribution is 7.80. The van der Waals surface area contributed by atoms with E-state index in [2.05, 4.69) is 21.8 Å². The van der Waals surface area contributed by atoms with E-state index in [1.807, 2.05) is 5.48 Å². The summed E-state index contributed by atoms with van der Waals surface area (Å²) in [5.74, 6) is 0. The maximum Gasteiger partial charge on any atom is 0.433 e. The van der Waals surface area contributed by atoms with Gasteiger partial charge in [0.1, 0.15) is 0 Å². The van der Waals surface area contributed by atoms with Gasteiger partial charge in [-0.1, -0.05) is 0 Å². The number of hydrogen-bond acceptors (Lipinski definition) is 5. The van der Waals surface area contributed by atoms with Crippen LogP contribution in [0, 0.1) is 0 Å². The second kappa shape index (κ2) is 6.02. The fourth-order valence-electron chi connectivity index (χ4n) is 0.368. The molecule has 0 aliphatic rings. The summed E-state index contributed by atoms with van der Waals surface area (Å²) >= 11 is 4.58. The van der Waals surface area contributed by atoms with Gasteiger partial charge in [-0.3, -0.25) is 0 Å². The molecule has 0 aromatic carbocycles. The van der Waals surface area contributed by atoms with Crippen molar-refractivity contribution in [1.82, 2.24) is 15.3 Å². The number of nitrogens with one attached hydrogen (secondary N) is 1. The summed E-state index contributed by atoms with van der Waals surface area (Å²) < 4.78 is 4.55. The van der Waals surface area contributed by atoms with E-state index in [1.165, 1.54) is 38.0 Å². The van der Waals surface area contributed by atoms with Gasteiger partial charge in [-0.15, -0.1) is 0 Å². The predicted octanol–water partition coefficient (Wildman–Crippen LogP) is 0.172. The molecule has 0 aromatic rings. The number of thiocarbonyl (C=S) groups is 1. The van der Waals surface area contributed by atoms with Gasteiger partial charge >= 0.3 is 12.2 Å². The molecule has 15 heavy (non-hydrogen) atoms. The van der Waals surface area contributed by atoms with Crippen molar-refractivity contribution in [2.24, 2.45) is 0 Å². The number of ether oxygens (including phenoxy) is 1. The van der Waals surface area contributed by atoms with Gasteiger partial charge < -0.3 is 19.4 Å². The third kappa shape index (κ3) is 5.68. The van der Waals surface area contributed by atoms with Crippen LogP contribution in [0.25, 0.3) is 0 Å². The van der Waals surface area contributed by atoms with Crippen molar-refractivity contribution < 1.29 is 19.2 Å². The summed E-state index contributed by atoms with van der Waals surface area (Å²) in [6.07, 6.45) is -1.31. The molecule has 0 rings (SSSR count). The predicted molar refractivity (Wildman–Crippen MR) is 56.1 cm³/mol. The molecule has 1 N–H and O–H groups in total. The van der Waals surface area contributed by atoms with Gasteiger partial charge in [0.05, 0.1) is 0 Å². The van der Waals surface area contributed by atoms with Crippen LogP contribution in [-0.2, 0) is 9.57 Å². The van der Waals surface area contributed by atoms with Gasteiger partial charge in [0.2, 0.25) is 0 Å². The zero-order chi connectivity index (χ0) is 12.0. The van der Waals surface area contributed by atoms with E-state index >= 15 is 0 Å². The van der Waals surface area contributed by atoms with Gasteiger partial charge in [-0.2, -0.15) is 5.48 Å². The molecule has 86 valence electrons. The first kappa shape index (κ1) is 13.4. The van der Waals surface area contributed by atoms with Gasteiger partial charge in [0.15, 0.2) is 0 Å². The molecule has 0 saturated carbocycles. The van der Waals surface area contributed by atoms with Crippen molar-refractivity contribution in [3.05, 3.63) is 0 Å². The van der Waals surface area contributed by atoms with Crippen molar-refractivity contribution in [2.75, 3.05) is 28.2 Å². The number of rotatable bonds is 0. The number of carbonyl (C=O) groups is 2. The first-order valence-electron chi connectivity index (χ1n) is 3.91. The highest BCUT2D eigenvalue weighted by Gasteiger charge is 2.11. The van der Waals surface area contributed by atoms with Crippen LogP contribution in [0.15, 0.2) is 0 Å². The third-order valence-corrected chi connectivity index (χ3v) is 1.30. The van der Waals surface area contributed by atoms with Crippen LogP contribution in [0.2, 0.25) is 0 Å². The number of carbonyl (C=O) groups excluding carboxylic acids is 2. The Balaban J connectivity index is 3.86. The monoisotopic (exact) mass is 235 g/mol. The van der Waals surface area contributed by atoms with Crippen molar-refractivity contribution in [3.8, 4) is 0 Å². The fraction of sp³-hybridized carbons (Fsp3) is 0.571. The molecule has 0 fully saturated rings. The SMILES string of the molecule is CN(C)C(=O)ONC(=S)OC(=O)N(C)C. The van der Waals surface area contributed by atoms with Crippen LogP contribution in [0.1, 0.15) is 0 Å². The molecule has 0 aromatic heterocycles. The first-order valence-corrected chi connectivity index (χ1v) is 4.32. The quantitative estimate of drug-likeness (QED) is 0.477. The second-order valence-corrected chi connectivity index (χ2v) is 3.29. The van der Waals surface area contributed by atoms with Crippen LogP contribution in [0.3, 0.4) is 0 Å². The minimum atomic E-state index is -0.659. The Labute approximate surface area is 92.9 Å². The number of hydroxylamine groups is 1. The van der Waals surface area contributed by atoms with Crippen LogP contribution >= 0.6 is 12.2 Å². The molecular formula is C7H13N3O4S. The molecule has 0 heterocycles. The Bertz CT molecular complexity index is 267. The van der Waals surface area contributed by atoms with Crippen molar-refractivity contribution in [3.63, 3.8) is 0 Å². The van der Waals surface area contributed by atoms with E-state index in [0.29, 0.717) is 0 Å². The fourth-order valence-corrected chi connectivity index (χ4v) is 0.481. The standard InChI is InChI=1S/C7H13N3O4S/c1-9(2)6(11)13-5(15)8-14-7(12)10(3)4/h1-4H3,(H,8,15). The van der Waals surface area contributed by atoms with E-state index < -0.39 is 12.2 Å². The molecule has 8 heteroatoms. The Morgan fingerprint density at radius 2 is 1.53 bits per heavy atom. The highest BCUT2D eigenvalue weighted by Crippen LogP contribution is 1.88. The van der Waals surface area contributed by atoms with E-state index in [-0.39, 0.29) is 5.17 Å². The highest BCUT2D eigenvalue weighted by atomic mass is 32.1. The zero-order valence-electron chi connectivity index (χ0n) is 8.94. The summed E-state index contributed by atoms with van der Waals surface area (Å²) in [7, 11) is 5.99. The minimum Gasteiger partial charge on any atom is -0.380 e. The first-order chi connectivity index (χ1) is 6.84. The summed E-state index contributed by atoms with van der Waals surface area (Å²) in [6, 6.07) is 0. The van der Waals surface area contributed by atoms with Crippen LogP contribution in [0.4, 0.5) is 9.59 Å². The molecule has 0 aliphatic heterocycles. The van der Waals surface area contributed by atoms with Gasteiger partial charge in [0.25, 0.3) is 5.17 Å². The average Bonchev–Trinajstić information content (AvgIpc) is 2.13. The molecule has 0 saturated heterocycles. The van der Waals surface area contributed by atoms with E-state index in [0.717, 1.165) is 0 Å². The van der Waals surface area contributed by atoms with Crippen LogP contribution in [-0.4, -0.2) is 55.4 Å². The topological polar surface area (TPSA) is 71.1 Å². The molecule has 0 unspecified atom stereocenters. The number of hydrogen-bond donors (Lipinski definition) is 1. The lowest BCUT2D eigenvalue weighted by atomic mass is 10.9. The Kier molecular flexibility index (Phi) is 5.39. The Morgan fingerprint density at radius 1 is 1.07 bits per heavy atom. The molecule has 7 nitrogen and oxygen atoms in total. The molecule has 0 atom stereocenters. The van der Waals surface area contributed by atoms with Gasteiger partial charge in [-0.05, 0) is 12.2 Å². The lowest BCUT2D eigenvalue weighted by Crippen LogP contribution is -2.36. The van der Waals surface area contributed by atoms with E-state index in [9.17, 15) is 9.59 Å². The second-order valence-electron chi connectivity index (χ2n) is 2.91. The van der Waals surface area contributed by atoms with Crippen molar-refractivity contribution in [2.45, 2.75) is 0 Å². The largest absolute Gasteiger partial charge is 0.433 e. The lowest BCUT2D eigenvalue weighted by molar-refractivity contribution is 0.0837. The molecular weight excluding hydrogens is 222 g/mol. The van der Waals surface area contributed by atoms with Gasteiger partial charge in [0, 0.05) is 28.2 Å². The number of amides is 2. The summed E-state index contributed by atoms with van der Waals surface area (Å²) in [5, 5.41) is -0.330. The van der Waals surface area contributed by atoms with Crippen molar-refractivity contribution in [1.29, 1.82) is 0 Å². The number of nitrogens with zero attached hydrogens (tertiary/aromatic N) is 2. The molecule has 0 bridgehead atoms. The molecule has 0 spiro atoms. The molecule has 2 amide bonds. The summed E-state index contributed by atoms with van der Waals surface area (Å²) in [5.41, 5.74) is 2.02. The molecule has 0 radical (unpaired) electrons. The van der Waals surface area contributed by atoms with Crippen molar-refractivity contribution >= 4 is 29.6 Å². The molecule has 0 aliphatic carbocycles. The third-order valence-electron chi connectivity index (χ3n) is 1.13.